The summed E-state index contributed by atoms with van der Waals surface area (Å²) in [6, 6.07) is 0. The summed E-state index contributed by atoms with van der Waals surface area (Å²) in [5, 5.41) is 17.8. The Kier molecular flexibility index (Phi) is 9.32. The van der Waals surface area contributed by atoms with Crippen molar-refractivity contribution < 1.29 is 29.8 Å². The summed E-state index contributed by atoms with van der Waals surface area (Å²) in [6.07, 6.45) is 15.7. The molecule has 6 heteroatoms. The van der Waals surface area contributed by atoms with Gasteiger partial charge in [0, 0.05) is 24.7 Å². The Morgan fingerprint density at radius 2 is 2.04 bits per heavy atom. The van der Waals surface area contributed by atoms with E-state index in [1.807, 2.05) is 6.08 Å². The fraction of sp³-hybridized carbons (Fsp3) is 0.750. The second kappa shape index (κ2) is 11.5. The van der Waals surface area contributed by atoms with Crippen molar-refractivity contribution in [2.75, 3.05) is 0 Å². The van der Waals surface area contributed by atoms with Gasteiger partial charge in [0.1, 0.15) is 12.2 Å². The summed E-state index contributed by atoms with van der Waals surface area (Å²) in [5.74, 6) is -0.154. The number of hydrogen-bond acceptors (Lipinski definition) is 5. The van der Waals surface area contributed by atoms with Crippen molar-refractivity contribution in [3.63, 3.8) is 0 Å². The van der Waals surface area contributed by atoms with Crippen LogP contribution in [0, 0.1) is 11.8 Å². The van der Waals surface area contributed by atoms with Gasteiger partial charge in [-0.2, -0.15) is 0 Å². The van der Waals surface area contributed by atoms with E-state index in [1.54, 1.807) is 0 Å². The van der Waals surface area contributed by atoms with Gasteiger partial charge < -0.3 is 5.11 Å². The summed E-state index contributed by atoms with van der Waals surface area (Å²) in [4.78, 5) is 25.9. The molecule has 5 atom stereocenters. The van der Waals surface area contributed by atoms with Gasteiger partial charge in [0.25, 0.3) is 0 Å². The minimum atomic E-state index is -0.748. The first-order valence-electron chi connectivity index (χ1n) is 9.83. The van der Waals surface area contributed by atoms with Gasteiger partial charge in [-0.25, -0.2) is 14.7 Å². The predicted molar refractivity (Wildman–Crippen MR) is 97.4 cm³/mol. The normalized spacial score (nSPS) is 29.2. The average molecular weight is 368 g/mol. The van der Waals surface area contributed by atoms with Crippen LogP contribution in [0.2, 0.25) is 0 Å². The number of aliphatic carboxylic acids is 1. The SMILES string of the molecule is CCCCC[C@@H](C=C[C@@H]1[C@@H](C/C=C/CCCC(=O)O)[C@@H]2C[C@H]1OO2)OO. The van der Waals surface area contributed by atoms with E-state index in [9.17, 15) is 4.79 Å². The summed E-state index contributed by atoms with van der Waals surface area (Å²) >= 11 is 0. The smallest absolute Gasteiger partial charge is 0.303 e. The minimum absolute atomic E-state index is 0.0663. The van der Waals surface area contributed by atoms with E-state index < -0.39 is 5.97 Å². The molecule has 0 unspecified atom stereocenters. The second-order valence-corrected chi connectivity index (χ2v) is 7.26. The molecule has 1 aliphatic heterocycles. The summed E-state index contributed by atoms with van der Waals surface area (Å²) < 4.78 is 0. The minimum Gasteiger partial charge on any atom is -0.481 e. The molecule has 0 amide bonds. The zero-order valence-electron chi connectivity index (χ0n) is 15.6. The van der Waals surface area contributed by atoms with Crippen LogP contribution >= 0.6 is 0 Å². The Labute approximate surface area is 155 Å². The molecule has 0 radical (unpaired) electrons. The largest absolute Gasteiger partial charge is 0.481 e. The predicted octanol–water partition coefficient (Wildman–Crippen LogP) is 4.52. The number of hydrogen-bond donors (Lipinski definition) is 2. The summed E-state index contributed by atoms with van der Waals surface area (Å²) in [5.41, 5.74) is 0. The van der Waals surface area contributed by atoms with E-state index in [0.717, 1.165) is 44.9 Å². The highest BCUT2D eigenvalue weighted by Gasteiger charge is 2.49. The Hall–Kier alpha value is -1.21. The molecule has 2 bridgehead atoms. The molecule has 1 heterocycles. The Morgan fingerprint density at radius 1 is 1.23 bits per heavy atom. The standard InChI is InChI=1S/C20H32O6/c1-2-3-6-9-15(24-23)12-13-17-16(18-14-19(17)26-25-18)10-7-4-5-8-11-20(21)22/h4,7,12-13,15-19,23H,2-3,5-6,8-11,14H2,1H3,(H,21,22)/b7-4+,13-12?/t15-,16+,17+,18-,19+/m0/s1. The van der Waals surface area contributed by atoms with Gasteiger partial charge in [-0.05, 0) is 25.7 Å². The molecule has 0 aromatic rings. The highest BCUT2D eigenvalue weighted by Crippen LogP contribution is 2.44. The topological polar surface area (TPSA) is 85.2 Å². The molecule has 26 heavy (non-hydrogen) atoms. The Balaban J connectivity index is 1.82. The molecule has 0 aromatic carbocycles. The summed E-state index contributed by atoms with van der Waals surface area (Å²) in [6.45, 7) is 2.15. The fourth-order valence-corrected chi connectivity index (χ4v) is 3.79. The maximum absolute atomic E-state index is 10.5. The van der Waals surface area contributed by atoms with Crippen molar-refractivity contribution in [3.8, 4) is 0 Å². The number of rotatable bonds is 13. The van der Waals surface area contributed by atoms with Crippen LogP contribution < -0.4 is 0 Å². The first-order valence-corrected chi connectivity index (χ1v) is 9.83. The van der Waals surface area contributed by atoms with Crippen molar-refractivity contribution >= 4 is 5.97 Å². The molecular weight excluding hydrogens is 336 g/mol. The lowest BCUT2D eigenvalue weighted by Gasteiger charge is -2.27. The number of carbonyl (C=O) groups is 1. The van der Waals surface area contributed by atoms with E-state index in [2.05, 4.69) is 30.0 Å². The monoisotopic (exact) mass is 368 g/mol. The van der Waals surface area contributed by atoms with Crippen LogP contribution in [0.25, 0.3) is 0 Å². The lowest BCUT2D eigenvalue weighted by molar-refractivity contribution is -0.336. The molecule has 148 valence electrons. The van der Waals surface area contributed by atoms with Crippen LogP contribution in [-0.4, -0.2) is 34.6 Å². The van der Waals surface area contributed by atoms with Crippen LogP contribution in [0.1, 0.15) is 64.7 Å². The molecule has 2 N–H and O–H groups in total. The first kappa shape index (κ1) is 21.1. The lowest BCUT2D eigenvalue weighted by atomic mass is 9.89. The average Bonchev–Trinajstić information content (AvgIpc) is 3.22. The van der Waals surface area contributed by atoms with E-state index in [-0.39, 0.29) is 30.7 Å². The highest BCUT2D eigenvalue weighted by atomic mass is 17.2. The third-order valence-corrected chi connectivity index (χ3v) is 5.28. The molecule has 1 aliphatic carbocycles. The molecule has 2 fully saturated rings. The molecule has 0 spiro atoms. The third-order valence-electron chi connectivity index (χ3n) is 5.28. The van der Waals surface area contributed by atoms with E-state index >= 15 is 0 Å². The van der Waals surface area contributed by atoms with Gasteiger partial charge in [0.15, 0.2) is 0 Å². The molecule has 1 saturated carbocycles. The van der Waals surface area contributed by atoms with Crippen molar-refractivity contribution in [2.45, 2.75) is 83.0 Å². The van der Waals surface area contributed by atoms with Gasteiger partial charge in [-0.15, -0.1) is 0 Å². The molecule has 0 aromatic heterocycles. The second-order valence-electron chi connectivity index (χ2n) is 7.26. The van der Waals surface area contributed by atoms with Crippen LogP contribution in [-0.2, 0) is 19.5 Å². The molecule has 1 saturated heterocycles. The van der Waals surface area contributed by atoms with Gasteiger partial charge >= 0.3 is 5.97 Å². The van der Waals surface area contributed by atoms with E-state index in [4.69, 9.17) is 20.1 Å². The third kappa shape index (κ3) is 6.50. The maximum Gasteiger partial charge on any atom is 0.303 e. The number of fused-ring (bicyclic) bond motifs is 2. The first-order chi connectivity index (χ1) is 12.7. The van der Waals surface area contributed by atoms with Gasteiger partial charge in [-0.3, -0.25) is 10.1 Å². The van der Waals surface area contributed by atoms with Crippen molar-refractivity contribution in [2.24, 2.45) is 11.8 Å². The fourth-order valence-electron chi connectivity index (χ4n) is 3.79. The van der Waals surface area contributed by atoms with E-state index in [1.165, 1.54) is 0 Å². The highest BCUT2D eigenvalue weighted by molar-refractivity contribution is 5.66. The molecule has 2 aliphatic rings. The molecule has 6 nitrogen and oxygen atoms in total. The van der Waals surface area contributed by atoms with Crippen LogP contribution in [0.15, 0.2) is 24.3 Å². The number of carboxylic acid groups (broad SMARTS) is 1. The lowest BCUT2D eigenvalue weighted by Crippen LogP contribution is -2.29. The Bertz CT molecular complexity index is 475. The number of allylic oxidation sites excluding steroid dienone is 2. The maximum atomic E-state index is 10.5. The van der Waals surface area contributed by atoms with Gasteiger partial charge in [0.05, 0.1) is 6.10 Å². The Morgan fingerprint density at radius 3 is 2.77 bits per heavy atom. The van der Waals surface area contributed by atoms with Gasteiger partial charge in [-0.1, -0.05) is 50.5 Å². The zero-order valence-corrected chi connectivity index (χ0v) is 15.6. The number of unbranched alkanes of at least 4 members (excludes halogenated alkanes) is 3. The van der Waals surface area contributed by atoms with Crippen LogP contribution in [0.5, 0.6) is 0 Å². The molecule has 2 rings (SSSR count). The van der Waals surface area contributed by atoms with Crippen molar-refractivity contribution in [1.82, 2.24) is 0 Å². The van der Waals surface area contributed by atoms with Crippen LogP contribution in [0.4, 0.5) is 0 Å². The van der Waals surface area contributed by atoms with Crippen LogP contribution in [0.3, 0.4) is 0 Å². The van der Waals surface area contributed by atoms with Gasteiger partial charge in [0.2, 0.25) is 0 Å². The number of carboxylic acids is 1. The zero-order chi connectivity index (χ0) is 18.8. The van der Waals surface area contributed by atoms with Crippen molar-refractivity contribution in [3.05, 3.63) is 24.3 Å². The van der Waals surface area contributed by atoms with Crippen molar-refractivity contribution in [1.29, 1.82) is 0 Å². The van der Waals surface area contributed by atoms with E-state index in [0.29, 0.717) is 12.3 Å². The quantitative estimate of drug-likeness (QED) is 0.215. The molecular formula is C20H32O6. The summed E-state index contributed by atoms with van der Waals surface area (Å²) in [7, 11) is 0.